The molecule has 0 spiro atoms. The molecule has 0 radical (unpaired) electrons. The number of aromatic amines is 1. The summed E-state index contributed by atoms with van der Waals surface area (Å²) >= 11 is 0.983. The van der Waals surface area contributed by atoms with Crippen LogP contribution in [-0.2, 0) is 9.53 Å². The third kappa shape index (κ3) is 3.77. The smallest absolute Gasteiger partial charge is 0.349 e. The Labute approximate surface area is 161 Å². The summed E-state index contributed by atoms with van der Waals surface area (Å²) in [5.41, 5.74) is -0.206. The molecule has 10 heteroatoms. The predicted molar refractivity (Wildman–Crippen MR) is 99.6 cm³/mol. The molecule has 0 aliphatic carbocycles. The number of benzene rings is 1. The fraction of sp³-hybridized carbons (Fsp3) is 0.222. The molecule has 3 rings (SSSR count). The number of H-pyrrole nitrogens is 1. The van der Waals surface area contributed by atoms with E-state index in [9.17, 15) is 23.2 Å². The van der Waals surface area contributed by atoms with E-state index in [0.29, 0.717) is 22.3 Å². The number of fused-ring (bicyclic) bond motifs is 1. The minimum absolute atomic E-state index is 0.145. The molecule has 7 nitrogen and oxygen atoms in total. The number of thiophene rings is 1. The van der Waals surface area contributed by atoms with E-state index in [1.54, 1.807) is 13.8 Å². The molecule has 146 valence electrons. The molecule has 1 aromatic carbocycles. The third-order valence-corrected chi connectivity index (χ3v) is 5.11. The van der Waals surface area contributed by atoms with Gasteiger partial charge in [0.25, 0.3) is 11.5 Å². The highest BCUT2D eigenvalue weighted by atomic mass is 32.1. The molecule has 0 aliphatic rings. The predicted octanol–water partition coefficient (Wildman–Crippen LogP) is 3.06. The van der Waals surface area contributed by atoms with Gasteiger partial charge in [0.15, 0.2) is 6.10 Å². The van der Waals surface area contributed by atoms with Crippen molar-refractivity contribution in [3.63, 3.8) is 0 Å². The normalized spacial score (nSPS) is 12.0. The lowest BCUT2D eigenvalue weighted by Crippen LogP contribution is -2.30. The summed E-state index contributed by atoms with van der Waals surface area (Å²) in [6.45, 7) is 4.52. The lowest BCUT2D eigenvalue weighted by molar-refractivity contribution is -0.123. The van der Waals surface area contributed by atoms with Crippen LogP contribution < -0.4 is 10.9 Å². The van der Waals surface area contributed by atoms with E-state index in [1.165, 1.54) is 6.92 Å². The number of aryl methyl sites for hydroxylation is 2. The first-order valence-corrected chi connectivity index (χ1v) is 8.96. The highest BCUT2D eigenvalue weighted by molar-refractivity contribution is 7.20. The molecule has 2 aromatic heterocycles. The SMILES string of the molecule is Cc1nc2sc(C(=O)O[C@H](C)C(=O)Nc3ccc(F)cc3F)c(C)c2c(=O)[nH]1. The number of ether oxygens (including phenoxy) is 1. The Morgan fingerprint density at radius 2 is 2.00 bits per heavy atom. The molecule has 2 heterocycles. The molecular weight excluding hydrogens is 392 g/mol. The van der Waals surface area contributed by atoms with E-state index in [-0.39, 0.29) is 21.5 Å². The summed E-state index contributed by atoms with van der Waals surface area (Å²) in [4.78, 5) is 44.0. The van der Waals surface area contributed by atoms with Gasteiger partial charge in [-0.1, -0.05) is 0 Å². The van der Waals surface area contributed by atoms with E-state index in [4.69, 9.17) is 4.74 Å². The van der Waals surface area contributed by atoms with Gasteiger partial charge in [0.2, 0.25) is 0 Å². The van der Waals surface area contributed by atoms with Crippen molar-refractivity contribution in [1.82, 2.24) is 9.97 Å². The monoisotopic (exact) mass is 407 g/mol. The van der Waals surface area contributed by atoms with E-state index in [1.807, 2.05) is 0 Å². The van der Waals surface area contributed by atoms with Crippen LogP contribution in [-0.4, -0.2) is 27.9 Å². The molecule has 2 N–H and O–H groups in total. The molecule has 1 amide bonds. The number of carbonyl (C=O) groups excluding carboxylic acids is 2. The van der Waals surface area contributed by atoms with Crippen LogP contribution in [0.1, 0.15) is 28.0 Å². The van der Waals surface area contributed by atoms with Crippen LogP contribution in [0.5, 0.6) is 0 Å². The summed E-state index contributed by atoms with van der Waals surface area (Å²) in [5, 5.41) is 2.52. The number of carbonyl (C=O) groups is 2. The van der Waals surface area contributed by atoms with Gasteiger partial charge in [-0.2, -0.15) is 0 Å². The van der Waals surface area contributed by atoms with Crippen LogP contribution in [0.15, 0.2) is 23.0 Å². The molecule has 0 aliphatic heterocycles. The van der Waals surface area contributed by atoms with Crippen LogP contribution in [0, 0.1) is 25.5 Å². The second-order valence-corrected chi connectivity index (χ2v) is 7.05. The molecule has 1 atom stereocenters. The highest BCUT2D eigenvalue weighted by Crippen LogP contribution is 2.28. The Bertz CT molecular complexity index is 1160. The number of esters is 1. The van der Waals surface area contributed by atoms with Gasteiger partial charge in [-0.05, 0) is 38.5 Å². The highest BCUT2D eigenvalue weighted by Gasteiger charge is 2.24. The van der Waals surface area contributed by atoms with Crippen molar-refractivity contribution in [2.75, 3.05) is 5.32 Å². The Morgan fingerprint density at radius 3 is 2.68 bits per heavy atom. The topological polar surface area (TPSA) is 101 Å². The number of hydrogen-bond acceptors (Lipinski definition) is 6. The summed E-state index contributed by atoms with van der Waals surface area (Å²) in [6, 6.07) is 2.68. The molecule has 28 heavy (non-hydrogen) atoms. The first kappa shape index (κ1) is 19.6. The zero-order valence-electron chi connectivity index (χ0n) is 15.1. The van der Waals surface area contributed by atoms with Crippen LogP contribution in [0.25, 0.3) is 10.2 Å². The van der Waals surface area contributed by atoms with Crippen molar-refractivity contribution >= 4 is 39.1 Å². The average Bonchev–Trinajstić information content (AvgIpc) is 2.93. The summed E-state index contributed by atoms with van der Waals surface area (Å²) in [7, 11) is 0. The van der Waals surface area contributed by atoms with Crippen molar-refractivity contribution in [2.45, 2.75) is 26.9 Å². The number of rotatable bonds is 4. The summed E-state index contributed by atoms with van der Waals surface area (Å²) < 4.78 is 31.7. The van der Waals surface area contributed by atoms with Crippen molar-refractivity contribution in [3.8, 4) is 0 Å². The van der Waals surface area contributed by atoms with Gasteiger partial charge >= 0.3 is 5.97 Å². The maximum atomic E-state index is 13.6. The van der Waals surface area contributed by atoms with Crippen molar-refractivity contribution < 1.29 is 23.1 Å². The van der Waals surface area contributed by atoms with E-state index < -0.39 is 29.6 Å². The standard InChI is InChI=1S/C18H15F2N3O4S/c1-7-13-16(25)21-9(3)22-17(13)28-14(7)18(26)27-8(2)15(24)23-12-5-4-10(19)6-11(12)20/h4-6,8H,1-3H3,(H,23,24)(H,21,22,25)/t8-/m1/s1. The molecule has 0 saturated carbocycles. The van der Waals surface area contributed by atoms with Gasteiger partial charge in [0, 0.05) is 6.07 Å². The van der Waals surface area contributed by atoms with Crippen LogP contribution in [0.2, 0.25) is 0 Å². The van der Waals surface area contributed by atoms with Gasteiger partial charge in [0.05, 0.1) is 11.1 Å². The van der Waals surface area contributed by atoms with Gasteiger partial charge in [0.1, 0.15) is 27.2 Å². The zero-order valence-corrected chi connectivity index (χ0v) is 15.9. The molecule has 3 aromatic rings. The average molecular weight is 407 g/mol. The molecular formula is C18H15F2N3O4S. The summed E-state index contributed by atoms with van der Waals surface area (Å²) in [6.07, 6.45) is -1.26. The van der Waals surface area contributed by atoms with Crippen molar-refractivity contribution in [2.24, 2.45) is 0 Å². The number of aromatic nitrogens is 2. The first-order valence-electron chi connectivity index (χ1n) is 8.14. The fourth-order valence-corrected chi connectivity index (χ4v) is 3.65. The lowest BCUT2D eigenvalue weighted by Gasteiger charge is -2.13. The maximum absolute atomic E-state index is 13.6. The van der Waals surface area contributed by atoms with Crippen molar-refractivity contribution in [1.29, 1.82) is 0 Å². The molecule has 0 fully saturated rings. The first-order chi connectivity index (χ1) is 13.2. The van der Waals surface area contributed by atoms with E-state index >= 15 is 0 Å². The second kappa shape index (κ2) is 7.47. The number of halogens is 2. The van der Waals surface area contributed by atoms with Gasteiger partial charge in [-0.3, -0.25) is 9.59 Å². The minimum Gasteiger partial charge on any atom is -0.448 e. The lowest BCUT2D eigenvalue weighted by atomic mass is 10.2. The number of hydrogen-bond donors (Lipinski definition) is 2. The Morgan fingerprint density at radius 1 is 1.29 bits per heavy atom. The number of amides is 1. The summed E-state index contributed by atoms with van der Waals surface area (Å²) in [5.74, 6) is -2.92. The second-order valence-electron chi connectivity index (χ2n) is 6.05. The molecule has 0 bridgehead atoms. The fourth-order valence-electron chi connectivity index (χ4n) is 2.54. The van der Waals surface area contributed by atoms with Crippen molar-refractivity contribution in [3.05, 3.63) is 56.5 Å². The Kier molecular flexibility index (Phi) is 5.23. The minimum atomic E-state index is -1.26. The van der Waals surface area contributed by atoms with E-state index in [0.717, 1.165) is 23.5 Å². The van der Waals surface area contributed by atoms with Crippen LogP contribution in [0.4, 0.5) is 14.5 Å². The maximum Gasteiger partial charge on any atom is 0.349 e. The number of anilines is 1. The van der Waals surface area contributed by atoms with Gasteiger partial charge in [-0.25, -0.2) is 18.6 Å². The zero-order chi connectivity index (χ0) is 20.6. The number of nitrogens with one attached hydrogen (secondary N) is 2. The van der Waals surface area contributed by atoms with Crippen LogP contribution >= 0.6 is 11.3 Å². The Hall–Kier alpha value is -3.14. The number of nitrogens with zero attached hydrogens (tertiary/aromatic N) is 1. The van der Waals surface area contributed by atoms with Gasteiger partial charge < -0.3 is 15.0 Å². The largest absolute Gasteiger partial charge is 0.448 e. The van der Waals surface area contributed by atoms with Gasteiger partial charge in [-0.15, -0.1) is 11.3 Å². The quantitative estimate of drug-likeness (QED) is 0.648. The van der Waals surface area contributed by atoms with E-state index in [2.05, 4.69) is 15.3 Å². The molecule has 0 saturated heterocycles. The third-order valence-electron chi connectivity index (χ3n) is 3.95. The molecule has 0 unspecified atom stereocenters. The van der Waals surface area contributed by atoms with Crippen LogP contribution in [0.3, 0.4) is 0 Å². The Balaban J connectivity index is 1.78.